The van der Waals surface area contributed by atoms with Crippen LogP contribution in [-0.2, 0) is 22.6 Å². The van der Waals surface area contributed by atoms with Crippen molar-refractivity contribution in [2.45, 2.75) is 26.9 Å². The van der Waals surface area contributed by atoms with Gasteiger partial charge in [-0.25, -0.2) is 4.79 Å². The third kappa shape index (κ3) is 4.07. The van der Waals surface area contributed by atoms with Gasteiger partial charge in [0.15, 0.2) is 6.61 Å². The van der Waals surface area contributed by atoms with Crippen LogP contribution < -0.4 is 4.74 Å². The number of aliphatic hydroxyl groups excluding tert-OH is 1. The summed E-state index contributed by atoms with van der Waals surface area (Å²) in [5.41, 5.74) is 1.77. The standard InChI is InChI=1S/C13H18O4/c1-3-10-5-6-11(8-14)12(7-10)17-9-13(15)16-4-2/h5-7,14H,3-4,8-9H2,1-2H3. The molecule has 0 bridgehead atoms. The van der Waals surface area contributed by atoms with Gasteiger partial charge in [0.2, 0.25) is 0 Å². The van der Waals surface area contributed by atoms with Crippen molar-refractivity contribution in [2.24, 2.45) is 0 Å². The Bertz CT molecular complexity index is 374. The van der Waals surface area contributed by atoms with Crippen molar-refractivity contribution in [1.82, 2.24) is 0 Å². The summed E-state index contributed by atoms with van der Waals surface area (Å²) in [4.78, 5) is 11.2. The lowest BCUT2D eigenvalue weighted by Crippen LogP contribution is -2.15. The molecule has 0 aromatic heterocycles. The van der Waals surface area contributed by atoms with E-state index in [-0.39, 0.29) is 13.2 Å². The Morgan fingerprint density at radius 2 is 2.12 bits per heavy atom. The van der Waals surface area contributed by atoms with Crippen LogP contribution in [0.3, 0.4) is 0 Å². The summed E-state index contributed by atoms with van der Waals surface area (Å²) >= 11 is 0. The van der Waals surface area contributed by atoms with Crippen LogP contribution in [0.4, 0.5) is 0 Å². The molecule has 4 nitrogen and oxygen atoms in total. The summed E-state index contributed by atoms with van der Waals surface area (Å²) in [6.45, 7) is 3.87. The van der Waals surface area contributed by atoms with Gasteiger partial charge in [-0.2, -0.15) is 0 Å². The fraction of sp³-hybridized carbons (Fsp3) is 0.462. The van der Waals surface area contributed by atoms with E-state index in [4.69, 9.17) is 14.6 Å². The summed E-state index contributed by atoms with van der Waals surface area (Å²) in [6.07, 6.45) is 0.876. The Morgan fingerprint density at radius 1 is 1.35 bits per heavy atom. The van der Waals surface area contributed by atoms with Crippen LogP contribution in [0.15, 0.2) is 18.2 Å². The molecule has 0 heterocycles. The number of carbonyl (C=O) groups is 1. The zero-order chi connectivity index (χ0) is 12.7. The molecule has 0 fully saturated rings. The minimum atomic E-state index is -0.404. The van der Waals surface area contributed by atoms with E-state index in [2.05, 4.69) is 0 Å². The number of ether oxygens (including phenoxy) is 2. The van der Waals surface area contributed by atoms with Gasteiger partial charge >= 0.3 is 5.97 Å². The summed E-state index contributed by atoms with van der Waals surface area (Å²) in [6, 6.07) is 5.58. The quantitative estimate of drug-likeness (QED) is 0.766. The van der Waals surface area contributed by atoms with Crippen LogP contribution in [0.25, 0.3) is 0 Å². The average Bonchev–Trinajstić information content (AvgIpc) is 2.36. The molecule has 4 heteroatoms. The second-order valence-electron chi connectivity index (χ2n) is 3.55. The molecule has 0 radical (unpaired) electrons. The molecule has 17 heavy (non-hydrogen) atoms. The number of hydrogen-bond donors (Lipinski definition) is 1. The predicted molar refractivity (Wildman–Crippen MR) is 63.9 cm³/mol. The van der Waals surface area contributed by atoms with Crippen molar-refractivity contribution in [3.05, 3.63) is 29.3 Å². The molecule has 0 saturated carbocycles. The first-order valence-corrected chi connectivity index (χ1v) is 5.72. The van der Waals surface area contributed by atoms with Crippen molar-refractivity contribution in [1.29, 1.82) is 0 Å². The zero-order valence-electron chi connectivity index (χ0n) is 10.2. The van der Waals surface area contributed by atoms with Crippen molar-refractivity contribution < 1.29 is 19.4 Å². The third-order valence-corrected chi connectivity index (χ3v) is 2.36. The lowest BCUT2D eigenvalue weighted by molar-refractivity contribution is -0.145. The van der Waals surface area contributed by atoms with Crippen LogP contribution in [0.5, 0.6) is 5.75 Å². The molecule has 1 N–H and O–H groups in total. The molecule has 94 valence electrons. The Morgan fingerprint density at radius 3 is 2.71 bits per heavy atom. The third-order valence-electron chi connectivity index (χ3n) is 2.36. The van der Waals surface area contributed by atoms with Gasteiger partial charge in [-0.1, -0.05) is 19.1 Å². The number of rotatable bonds is 6. The molecule has 0 amide bonds. The zero-order valence-corrected chi connectivity index (χ0v) is 10.2. The second-order valence-corrected chi connectivity index (χ2v) is 3.55. The number of esters is 1. The molecule has 0 saturated heterocycles. The lowest BCUT2D eigenvalue weighted by Gasteiger charge is -2.11. The fourth-order valence-corrected chi connectivity index (χ4v) is 1.42. The summed E-state index contributed by atoms with van der Waals surface area (Å²) in [5.74, 6) is 0.137. The first kappa shape index (κ1) is 13.5. The Kier molecular flexibility index (Phi) is 5.49. The maximum Gasteiger partial charge on any atom is 0.344 e. The van der Waals surface area contributed by atoms with Gasteiger partial charge in [-0.15, -0.1) is 0 Å². The fourth-order valence-electron chi connectivity index (χ4n) is 1.42. The molecule has 0 aliphatic heterocycles. The summed E-state index contributed by atoms with van der Waals surface area (Å²) in [7, 11) is 0. The Hall–Kier alpha value is -1.55. The van der Waals surface area contributed by atoms with Gasteiger partial charge in [0.25, 0.3) is 0 Å². The highest BCUT2D eigenvalue weighted by Gasteiger charge is 2.07. The maximum absolute atomic E-state index is 11.2. The number of aliphatic hydroxyl groups is 1. The number of aryl methyl sites for hydroxylation is 1. The maximum atomic E-state index is 11.2. The monoisotopic (exact) mass is 238 g/mol. The van der Waals surface area contributed by atoms with Crippen LogP contribution in [0, 0.1) is 0 Å². The first-order chi connectivity index (χ1) is 8.21. The van der Waals surface area contributed by atoms with Gasteiger partial charge < -0.3 is 14.6 Å². The van der Waals surface area contributed by atoms with Gasteiger partial charge in [0.1, 0.15) is 5.75 Å². The second kappa shape index (κ2) is 6.91. The number of hydrogen-bond acceptors (Lipinski definition) is 4. The van der Waals surface area contributed by atoms with Gasteiger partial charge in [-0.3, -0.25) is 0 Å². The molecular formula is C13H18O4. The molecule has 0 spiro atoms. The van der Waals surface area contributed by atoms with E-state index < -0.39 is 5.97 Å². The number of benzene rings is 1. The molecule has 0 aliphatic carbocycles. The molecule has 0 aliphatic rings. The predicted octanol–water partition coefficient (Wildman–Crippen LogP) is 1.68. The molecular weight excluding hydrogens is 220 g/mol. The van der Waals surface area contributed by atoms with E-state index in [1.165, 1.54) is 0 Å². The van der Waals surface area contributed by atoms with Crippen molar-refractivity contribution in [3.8, 4) is 5.75 Å². The molecule has 0 atom stereocenters. The van der Waals surface area contributed by atoms with E-state index in [0.717, 1.165) is 12.0 Å². The Labute approximate surface area is 101 Å². The van der Waals surface area contributed by atoms with Crippen molar-refractivity contribution in [3.63, 3.8) is 0 Å². The number of carbonyl (C=O) groups excluding carboxylic acids is 1. The lowest BCUT2D eigenvalue weighted by atomic mass is 10.1. The highest BCUT2D eigenvalue weighted by atomic mass is 16.6. The molecule has 0 unspecified atom stereocenters. The highest BCUT2D eigenvalue weighted by Crippen LogP contribution is 2.21. The van der Waals surface area contributed by atoms with Crippen molar-refractivity contribution in [2.75, 3.05) is 13.2 Å². The molecule has 1 rings (SSSR count). The van der Waals surface area contributed by atoms with Crippen LogP contribution in [-0.4, -0.2) is 24.3 Å². The van der Waals surface area contributed by atoms with Crippen LogP contribution in [0.1, 0.15) is 25.0 Å². The molecule has 1 aromatic carbocycles. The molecule has 1 aromatic rings. The highest BCUT2D eigenvalue weighted by molar-refractivity contribution is 5.71. The Balaban J connectivity index is 2.70. The first-order valence-electron chi connectivity index (χ1n) is 5.72. The van der Waals surface area contributed by atoms with E-state index in [1.54, 1.807) is 13.0 Å². The minimum absolute atomic E-state index is 0.109. The van der Waals surface area contributed by atoms with Gasteiger partial charge in [0, 0.05) is 5.56 Å². The van der Waals surface area contributed by atoms with E-state index >= 15 is 0 Å². The van der Waals surface area contributed by atoms with Gasteiger partial charge in [-0.05, 0) is 25.0 Å². The van der Waals surface area contributed by atoms with Crippen LogP contribution in [0.2, 0.25) is 0 Å². The average molecular weight is 238 g/mol. The normalized spacial score (nSPS) is 10.1. The van der Waals surface area contributed by atoms with Crippen molar-refractivity contribution >= 4 is 5.97 Å². The van der Waals surface area contributed by atoms with E-state index in [9.17, 15) is 4.79 Å². The topological polar surface area (TPSA) is 55.8 Å². The summed E-state index contributed by atoms with van der Waals surface area (Å²) < 4.78 is 10.1. The minimum Gasteiger partial charge on any atom is -0.482 e. The largest absolute Gasteiger partial charge is 0.482 e. The van der Waals surface area contributed by atoms with E-state index in [0.29, 0.717) is 17.9 Å². The van der Waals surface area contributed by atoms with Crippen LogP contribution >= 0.6 is 0 Å². The smallest absolute Gasteiger partial charge is 0.344 e. The van der Waals surface area contributed by atoms with E-state index in [1.807, 2.05) is 19.1 Å². The summed E-state index contributed by atoms with van der Waals surface area (Å²) in [5, 5.41) is 9.15. The SMILES string of the molecule is CCOC(=O)COc1cc(CC)ccc1CO. The van der Waals surface area contributed by atoms with Gasteiger partial charge in [0.05, 0.1) is 13.2 Å².